The number of hydrogen-bond acceptors (Lipinski definition) is 5. The van der Waals surface area contributed by atoms with Crippen molar-refractivity contribution in [2.24, 2.45) is 11.1 Å². The van der Waals surface area contributed by atoms with Crippen molar-refractivity contribution in [1.29, 1.82) is 0 Å². The minimum Gasteiger partial charge on any atom is -0.506 e. The summed E-state index contributed by atoms with van der Waals surface area (Å²) in [5.41, 5.74) is 4.91. The van der Waals surface area contributed by atoms with Gasteiger partial charge < -0.3 is 26.6 Å². The largest absolute Gasteiger partial charge is 0.506 e. The molecule has 0 aromatic heterocycles. The number of halogens is 4. The van der Waals surface area contributed by atoms with E-state index in [1.54, 1.807) is 0 Å². The van der Waals surface area contributed by atoms with Crippen LogP contribution in [0.2, 0.25) is 10.0 Å². The summed E-state index contributed by atoms with van der Waals surface area (Å²) in [7, 11) is 0. The van der Waals surface area contributed by atoms with Crippen LogP contribution in [0.5, 0.6) is 5.75 Å². The summed E-state index contributed by atoms with van der Waals surface area (Å²) in [6.45, 7) is 5.87. The molecule has 1 amide bonds. The smallest absolute Gasteiger partial charge is 0.335 e. The summed E-state index contributed by atoms with van der Waals surface area (Å²) in [6, 6.07) is 9.83. The molecule has 4 atom stereocenters. The molecule has 0 spiro atoms. The second kappa shape index (κ2) is 11.0. The fourth-order valence-electron chi connectivity index (χ4n) is 5.38. The average Bonchev–Trinajstić information content (AvgIpc) is 3.13. The molecule has 0 aliphatic carbocycles. The number of amides is 1. The fourth-order valence-corrected chi connectivity index (χ4v) is 5.73. The summed E-state index contributed by atoms with van der Waals surface area (Å²) in [4.78, 5) is 25.1. The van der Waals surface area contributed by atoms with E-state index in [0.717, 1.165) is 12.1 Å². The number of aromatic carboxylic acids is 1. The highest BCUT2D eigenvalue weighted by atomic mass is 35.5. The lowest BCUT2D eigenvalue weighted by atomic mass is 9.68. The summed E-state index contributed by atoms with van der Waals surface area (Å²) in [5.74, 6) is -5.14. The second-order valence-electron chi connectivity index (χ2n) is 11.2. The first-order valence-corrected chi connectivity index (χ1v) is 13.2. The standard InChI is InChI=1S/C29H29Cl2F2N3O4/c1-28(2,3)13-22-29(34,17-9-8-15(30)12-19(17)32)23(16-5-4-6-18(31)24(16)33)25(36-22)26(38)35-20-10-7-14(27(39)40)11-21(20)37/h4-12,22-23,25,36-37H,13,34H2,1-3H3,(H,35,38)(H,39,40). The van der Waals surface area contributed by atoms with E-state index < -0.39 is 52.8 Å². The minimum absolute atomic E-state index is 0.00106. The zero-order valence-electron chi connectivity index (χ0n) is 21.9. The van der Waals surface area contributed by atoms with Gasteiger partial charge in [0.05, 0.1) is 27.9 Å². The van der Waals surface area contributed by atoms with Crippen molar-refractivity contribution in [2.45, 2.75) is 50.7 Å². The van der Waals surface area contributed by atoms with Gasteiger partial charge in [0.1, 0.15) is 17.4 Å². The zero-order chi connectivity index (χ0) is 29.6. The van der Waals surface area contributed by atoms with E-state index in [9.17, 15) is 19.8 Å². The Labute approximate surface area is 240 Å². The van der Waals surface area contributed by atoms with E-state index in [1.807, 2.05) is 20.8 Å². The molecule has 1 heterocycles. The van der Waals surface area contributed by atoms with Gasteiger partial charge in [-0.25, -0.2) is 13.6 Å². The molecule has 3 aromatic carbocycles. The number of phenols is 1. The number of phenolic OH excluding ortho intramolecular Hbond substituents is 1. The van der Waals surface area contributed by atoms with Crippen LogP contribution in [-0.4, -0.2) is 34.2 Å². The van der Waals surface area contributed by atoms with Crippen LogP contribution >= 0.6 is 23.2 Å². The minimum atomic E-state index is -1.66. The lowest BCUT2D eigenvalue weighted by Gasteiger charge is -2.40. The topological polar surface area (TPSA) is 125 Å². The molecule has 3 aromatic rings. The Bertz CT molecular complexity index is 1480. The van der Waals surface area contributed by atoms with Crippen molar-refractivity contribution in [3.05, 3.63) is 93.0 Å². The first-order chi connectivity index (χ1) is 18.6. The van der Waals surface area contributed by atoms with E-state index >= 15 is 8.78 Å². The van der Waals surface area contributed by atoms with Gasteiger partial charge in [-0.3, -0.25) is 4.79 Å². The monoisotopic (exact) mass is 591 g/mol. The summed E-state index contributed by atoms with van der Waals surface area (Å²) >= 11 is 12.2. The van der Waals surface area contributed by atoms with Crippen molar-refractivity contribution in [3.8, 4) is 5.75 Å². The molecule has 4 rings (SSSR count). The number of nitrogens with two attached hydrogens (primary N) is 1. The van der Waals surface area contributed by atoms with Gasteiger partial charge in [-0.1, -0.05) is 62.2 Å². The fraction of sp³-hybridized carbons (Fsp3) is 0.310. The zero-order valence-corrected chi connectivity index (χ0v) is 23.4. The number of nitrogens with one attached hydrogen (secondary N) is 2. The molecule has 6 N–H and O–H groups in total. The number of anilines is 1. The number of rotatable bonds is 6. The molecule has 0 radical (unpaired) electrons. The van der Waals surface area contributed by atoms with Crippen LogP contribution in [0.25, 0.3) is 0 Å². The van der Waals surface area contributed by atoms with Crippen LogP contribution in [0.1, 0.15) is 54.6 Å². The quantitative estimate of drug-likeness (QED) is 0.223. The molecule has 1 aliphatic rings. The maximum atomic E-state index is 15.6. The summed E-state index contributed by atoms with van der Waals surface area (Å²) in [5, 5.41) is 25.3. The maximum absolute atomic E-state index is 15.6. The number of benzene rings is 3. The first-order valence-electron chi connectivity index (χ1n) is 12.4. The molecule has 7 nitrogen and oxygen atoms in total. The number of carbonyl (C=O) groups is 2. The third-order valence-electron chi connectivity index (χ3n) is 7.12. The third-order valence-corrected chi connectivity index (χ3v) is 7.65. The van der Waals surface area contributed by atoms with Crippen molar-refractivity contribution in [2.75, 3.05) is 5.32 Å². The third kappa shape index (κ3) is 5.65. The predicted octanol–water partition coefficient (Wildman–Crippen LogP) is 6.03. The van der Waals surface area contributed by atoms with Gasteiger partial charge in [0.2, 0.25) is 5.91 Å². The molecule has 1 saturated heterocycles. The Morgan fingerprint density at radius 1 is 1.10 bits per heavy atom. The molecule has 0 bridgehead atoms. The second-order valence-corrected chi connectivity index (χ2v) is 12.0. The molecule has 40 heavy (non-hydrogen) atoms. The van der Waals surface area contributed by atoms with E-state index in [-0.39, 0.29) is 37.8 Å². The highest BCUT2D eigenvalue weighted by molar-refractivity contribution is 6.31. The molecule has 1 fully saturated rings. The lowest BCUT2D eigenvalue weighted by molar-refractivity contribution is -0.118. The van der Waals surface area contributed by atoms with Gasteiger partial charge >= 0.3 is 5.97 Å². The Balaban J connectivity index is 1.89. The van der Waals surface area contributed by atoms with Gasteiger partial charge in [-0.2, -0.15) is 0 Å². The Hall–Kier alpha value is -3.24. The maximum Gasteiger partial charge on any atom is 0.335 e. The van der Waals surface area contributed by atoms with Crippen LogP contribution in [-0.2, 0) is 10.3 Å². The van der Waals surface area contributed by atoms with E-state index in [2.05, 4.69) is 10.6 Å². The van der Waals surface area contributed by atoms with Crippen molar-refractivity contribution < 1.29 is 28.6 Å². The van der Waals surface area contributed by atoms with Crippen LogP contribution < -0.4 is 16.4 Å². The van der Waals surface area contributed by atoms with Gasteiger partial charge in [0.25, 0.3) is 0 Å². The van der Waals surface area contributed by atoms with Crippen molar-refractivity contribution in [3.63, 3.8) is 0 Å². The molecular weight excluding hydrogens is 563 g/mol. The van der Waals surface area contributed by atoms with Crippen molar-refractivity contribution in [1.82, 2.24) is 5.32 Å². The van der Waals surface area contributed by atoms with Crippen molar-refractivity contribution >= 4 is 40.8 Å². The highest BCUT2D eigenvalue weighted by Crippen LogP contribution is 2.50. The Kier molecular flexibility index (Phi) is 8.15. The summed E-state index contributed by atoms with van der Waals surface area (Å²) in [6.07, 6.45) is 0.368. The molecule has 4 unspecified atom stereocenters. The lowest BCUT2D eigenvalue weighted by Crippen LogP contribution is -2.52. The van der Waals surface area contributed by atoms with E-state index in [4.69, 9.17) is 28.9 Å². The van der Waals surface area contributed by atoms with Gasteiger partial charge in [-0.05, 0) is 53.8 Å². The number of carboxylic acids is 1. The Morgan fingerprint density at radius 3 is 2.40 bits per heavy atom. The van der Waals surface area contributed by atoms with Gasteiger partial charge in [-0.15, -0.1) is 0 Å². The number of carboxylic acid groups (broad SMARTS) is 1. The van der Waals surface area contributed by atoms with Gasteiger partial charge in [0, 0.05) is 22.5 Å². The van der Waals surface area contributed by atoms with Crippen LogP contribution in [0, 0.1) is 17.0 Å². The molecular formula is C29H29Cl2F2N3O4. The number of aromatic hydroxyl groups is 1. The first kappa shape index (κ1) is 29.7. The average molecular weight is 592 g/mol. The normalized spacial score (nSPS) is 22.8. The van der Waals surface area contributed by atoms with Crippen LogP contribution in [0.4, 0.5) is 14.5 Å². The molecule has 11 heteroatoms. The molecule has 212 valence electrons. The number of carbonyl (C=O) groups excluding carboxylic acids is 1. The summed E-state index contributed by atoms with van der Waals surface area (Å²) < 4.78 is 31.2. The number of hydrogen-bond donors (Lipinski definition) is 5. The SMILES string of the molecule is CC(C)(C)CC1NC(C(=O)Nc2ccc(C(=O)O)cc2O)C(c2cccc(Cl)c2F)C1(N)c1ccc(Cl)cc1F. The van der Waals surface area contributed by atoms with Gasteiger partial charge in [0.15, 0.2) is 0 Å². The van der Waals surface area contributed by atoms with Crippen LogP contribution in [0.3, 0.4) is 0 Å². The Morgan fingerprint density at radius 2 is 1.80 bits per heavy atom. The van der Waals surface area contributed by atoms with E-state index in [1.165, 1.54) is 42.5 Å². The van der Waals surface area contributed by atoms with Crippen LogP contribution in [0.15, 0.2) is 54.6 Å². The highest BCUT2D eigenvalue weighted by Gasteiger charge is 2.58. The van der Waals surface area contributed by atoms with E-state index in [0.29, 0.717) is 6.42 Å². The molecule has 0 saturated carbocycles. The molecule has 1 aliphatic heterocycles. The predicted molar refractivity (Wildman–Crippen MR) is 150 cm³/mol.